The Labute approximate surface area is 78.4 Å². The maximum absolute atomic E-state index is 5.24. The Morgan fingerprint density at radius 2 is 2.46 bits per heavy atom. The average Bonchev–Trinajstić information content (AvgIpc) is 2.57. The fourth-order valence-corrected chi connectivity index (χ4v) is 1.11. The first-order chi connectivity index (χ1) is 6.24. The first-order valence-electron chi connectivity index (χ1n) is 4.34. The van der Waals surface area contributed by atoms with Crippen LogP contribution < -0.4 is 0 Å². The molecule has 0 aliphatic heterocycles. The van der Waals surface area contributed by atoms with Crippen molar-refractivity contribution in [1.82, 2.24) is 0 Å². The molecule has 1 aromatic heterocycles. The smallest absolute Gasteiger partial charge is 0.106 e. The molecule has 0 aliphatic rings. The second kappa shape index (κ2) is 4.70. The number of nitrogens with zero attached hydrogens (tertiary/aromatic N) is 1. The minimum Gasteiger partial charge on any atom is -0.469 e. The predicted octanol–water partition coefficient (Wildman–Crippen LogP) is 2.48. The van der Waals surface area contributed by atoms with Gasteiger partial charge in [-0.3, -0.25) is 0 Å². The Balaban J connectivity index is 2.50. The number of hydrogen-bond acceptors (Lipinski definition) is 3. The average molecular weight is 181 g/mol. The maximum atomic E-state index is 5.24. The van der Waals surface area contributed by atoms with Crippen LogP contribution in [0.4, 0.5) is 0 Å². The van der Waals surface area contributed by atoms with Crippen LogP contribution in [0.3, 0.4) is 0 Å². The molecule has 0 saturated carbocycles. The van der Waals surface area contributed by atoms with E-state index in [4.69, 9.17) is 9.25 Å². The summed E-state index contributed by atoms with van der Waals surface area (Å²) in [5, 5.41) is 3.88. The lowest BCUT2D eigenvalue weighted by Crippen LogP contribution is -2.10. The molecular formula is C10H15NO2. The Morgan fingerprint density at radius 1 is 1.69 bits per heavy atom. The Kier molecular flexibility index (Phi) is 3.55. The van der Waals surface area contributed by atoms with Crippen molar-refractivity contribution in [2.45, 2.75) is 20.3 Å². The van der Waals surface area contributed by atoms with E-state index in [0.717, 1.165) is 17.9 Å². The molecule has 0 spiro atoms. The Hall–Kier alpha value is -1.25. The normalized spacial score (nSPS) is 14.2. The van der Waals surface area contributed by atoms with E-state index in [1.54, 1.807) is 13.4 Å². The zero-order chi connectivity index (χ0) is 9.68. The van der Waals surface area contributed by atoms with Crippen molar-refractivity contribution in [3.05, 3.63) is 24.2 Å². The lowest BCUT2D eigenvalue weighted by molar-refractivity contribution is 0.211. The first kappa shape index (κ1) is 9.84. The van der Waals surface area contributed by atoms with Crippen LogP contribution >= 0.6 is 0 Å². The van der Waals surface area contributed by atoms with Crippen LogP contribution in [0, 0.1) is 5.92 Å². The minimum atomic E-state index is 0.353. The van der Waals surface area contributed by atoms with Crippen LogP contribution in [0.5, 0.6) is 0 Å². The Bertz CT molecular complexity index is 264. The van der Waals surface area contributed by atoms with Gasteiger partial charge < -0.3 is 9.25 Å². The van der Waals surface area contributed by atoms with E-state index >= 15 is 0 Å². The van der Waals surface area contributed by atoms with Crippen molar-refractivity contribution in [3.8, 4) is 0 Å². The summed E-state index contributed by atoms with van der Waals surface area (Å²) >= 11 is 0. The van der Waals surface area contributed by atoms with Gasteiger partial charge in [0.05, 0.1) is 12.0 Å². The molecule has 0 bridgehead atoms. The van der Waals surface area contributed by atoms with Gasteiger partial charge in [-0.25, -0.2) is 0 Å². The van der Waals surface area contributed by atoms with Gasteiger partial charge in [0.25, 0.3) is 0 Å². The minimum absolute atomic E-state index is 0.353. The van der Waals surface area contributed by atoms with Crippen LogP contribution in [-0.4, -0.2) is 12.8 Å². The van der Waals surface area contributed by atoms with Gasteiger partial charge in [-0.05, 0) is 19.1 Å². The highest BCUT2D eigenvalue weighted by atomic mass is 16.6. The summed E-state index contributed by atoms with van der Waals surface area (Å²) in [6.07, 6.45) is 2.55. The zero-order valence-electron chi connectivity index (χ0n) is 8.28. The van der Waals surface area contributed by atoms with Crippen molar-refractivity contribution in [2.24, 2.45) is 11.1 Å². The van der Waals surface area contributed by atoms with Gasteiger partial charge in [-0.2, -0.15) is 0 Å². The van der Waals surface area contributed by atoms with E-state index in [9.17, 15) is 0 Å². The van der Waals surface area contributed by atoms with Crippen LogP contribution in [0.2, 0.25) is 0 Å². The second-order valence-corrected chi connectivity index (χ2v) is 3.10. The summed E-state index contributed by atoms with van der Waals surface area (Å²) < 4.78 is 5.24. The third kappa shape index (κ3) is 2.93. The monoisotopic (exact) mass is 181 g/mol. The molecule has 0 N–H and O–H groups in total. The molecule has 0 radical (unpaired) electrons. The standard InChI is InChI=1S/C10H15NO2/c1-8(9(2)11-12-3)7-10-5-4-6-13-10/h4-6,8H,7H2,1-3H3/b11-9+/t8-/m0/s1. The topological polar surface area (TPSA) is 34.7 Å². The largest absolute Gasteiger partial charge is 0.469 e. The number of furan rings is 1. The molecule has 0 aromatic carbocycles. The third-order valence-corrected chi connectivity index (χ3v) is 2.04. The summed E-state index contributed by atoms with van der Waals surface area (Å²) in [4.78, 5) is 4.70. The van der Waals surface area contributed by atoms with E-state index < -0.39 is 0 Å². The van der Waals surface area contributed by atoms with Gasteiger partial charge >= 0.3 is 0 Å². The predicted molar refractivity (Wildman–Crippen MR) is 51.7 cm³/mol. The highest BCUT2D eigenvalue weighted by Gasteiger charge is 2.09. The fourth-order valence-electron chi connectivity index (χ4n) is 1.11. The van der Waals surface area contributed by atoms with E-state index in [2.05, 4.69) is 12.1 Å². The van der Waals surface area contributed by atoms with Crippen molar-refractivity contribution in [1.29, 1.82) is 0 Å². The van der Waals surface area contributed by atoms with Gasteiger partial charge in [-0.1, -0.05) is 12.1 Å². The number of oxime groups is 1. The molecule has 0 fully saturated rings. The van der Waals surface area contributed by atoms with Crippen LogP contribution in [0.15, 0.2) is 28.0 Å². The summed E-state index contributed by atoms with van der Waals surface area (Å²) in [6, 6.07) is 3.86. The van der Waals surface area contributed by atoms with Gasteiger partial charge in [-0.15, -0.1) is 0 Å². The molecule has 1 aromatic rings. The van der Waals surface area contributed by atoms with Crippen molar-refractivity contribution >= 4 is 5.71 Å². The molecule has 13 heavy (non-hydrogen) atoms. The van der Waals surface area contributed by atoms with Crippen molar-refractivity contribution in [3.63, 3.8) is 0 Å². The SMILES string of the molecule is CO/N=C(\C)[C@@H](C)Cc1ccco1. The van der Waals surface area contributed by atoms with Crippen molar-refractivity contribution in [2.75, 3.05) is 7.11 Å². The van der Waals surface area contributed by atoms with Gasteiger partial charge in [0, 0.05) is 12.3 Å². The van der Waals surface area contributed by atoms with E-state index in [-0.39, 0.29) is 0 Å². The van der Waals surface area contributed by atoms with E-state index in [1.807, 2.05) is 19.1 Å². The van der Waals surface area contributed by atoms with E-state index in [1.165, 1.54) is 0 Å². The zero-order valence-corrected chi connectivity index (χ0v) is 8.28. The molecule has 3 nitrogen and oxygen atoms in total. The molecule has 0 saturated heterocycles. The highest BCUT2D eigenvalue weighted by Crippen LogP contribution is 2.10. The van der Waals surface area contributed by atoms with Crippen LogP contribution in [0.1, 0.15) is 19.6 Å². The molecular weight excluding hydrogens is 166 g/mol. The molecule has 0 amide bonds. The highest BCUT2D eigenvalue weighted by molar-refractivity contribution is 5.83. The molecule has 0 unspecified atom stereocenters. The quantitative estimate of drug-likeness (QED) is 0.528. The molecule has 3 heteroatoms. The molecule has 1 atom stereocenters. The van der Waals surface area contributed by atoms with E-state index in [0.29, 0.717) is 5.92 Å². The lowest BCUT2D eigenvalue weighted by Gasteiger charge is -2.07. The number of rotatable bonds is 4. The van der Waals surface area contributed by atoms with Crippen molar-refractivity contribution < 1.29 is 9.25 Å². The fraction of sp³-hybridized carbons (Fsp3) is 0.500. The van der Waals surface area contributed by atoms with Gasteiger partial charge in [0.1, 0.15) is 12.9 Å². The molecule has 1 rings (SSSR count). The second-order valence-electron chi connectivity index (χ2n) is 3.10. The summed E-state index contributed by atoms with van der Waals surface area (Å²) in [5.41, 5.74) is 0.985. The molecule has 72 valence electrons. The summed E-state index contributed by atoms with van der Waals surface area (Å²) in [7, 11) is 1.56. The molecule has 1 heterocycles. The number of hydrogen-bond donors (Lipinski definition) is 0. The molecule has 0 aliphatic carbocycles. The van der Waals surface area contributed by atoms with Crippen LogP contribution in [0.25, 0.3) is 0 Å². The van der Waals surface area contributed by atoms with Gasteiger partial charge in [0.15, 0.2) is 0 Å². The summed E-state index contributed by atoms with van der Waals surface area (Å²) in [5.74, 6) is 1.34. The first-order valence-corrected chi connectivity index (χ1v) is 4.34. The third-order valence-electron chi connectivity index (χ3n) is 2.04. The maximum Gasteiger partial charge on any atom is 0.106 e. The summed E-state index contributed by atoms with van der Waals surface area (Å²) in [6.45, 7) is 4.05. The lowest BCUT2D eigenvalue weighted by atomic mass is 10.0. The van der Waals surface area contributed by atoms with Gasteiger partial charge in [0.2, 0.25) is 0 Å². The van der Waals surface area contributed by atoms with Crippen LogP contribution in [-0.2, 0) is 11.3 Å². The Morgan fingerprint density at radius 3 is 3.00 bits per heavy atom.